The second kappa shape index (κ2) is 56.8. The van der Waals surface area contributed by atoms with Gasteiger partial charge in [-0.1, -0.05) is 316 Å². The van der Waals surface area contributed by atoms with Gasteiger partial charge >= 0.3 is 0 Å². The van der Waals surface area contributed by atoms with Gasteiger partial charge in [0.25, 0.3) is 0 Å². The molecule has 6 aliphatic heterocycles. The summed E-state index contributed by atoms with van der Waals surface area (Å²) in [5, 5.41) is 104. The highest BCUT2D eigenvalue weighted by atomic mass is 16.8. The first-order valence-corrected chi connectivity index (χ1v) is 51.4. The summed E-state index contributed by atoms with van der Waals surface area (Å²) < 4.78 is 161. The molecule has 0 bridgehead atoms. The first kappa shape index (κ1) is 111. The van der Waals surface area contributed by atoms with Crippen molar-refractivity contribution in [3.05, 3.63) is 371 Å². The van der Waals surface area contributed by atoms with E-state index in [0.717, 1.165) is 51.4 Å². The van der Waals surface area contributed by atoms with E-state index < -0.39 is 210 Å². The van der Waals surface area contributed by atoms with Gasteiger partial charge in [-0.2, -0.15) is 0 Å². The van der Waals surface area contributed by atoms with Crippen molar-refractivity contribution in [2.45, 2.75) is 270 Å². The topological polar surface area (TPSA) is 400 Å². The van der Waals surface area contributed by atoms with Crippen molar-refractivity contribution < 1.29 is 150 Å². The number of benzene rings is 11. The van der Waals surface area contributed by atoms with Crippen LogP contribution < -0.4 is 5.73 Å². The molecule has 0 spiro atoms. The predicted octanol–water partition coefficient (Wildman–Crippen LogP) is 11.9. The van der Waals surface area contributed by atoms with Crippen molar-refractivity contribution in [2.24, 2.45) is 11.7 Å². The fourth-order valence-corrected chi connectivity index (χ4v) is 19.6. The lowest BCUT2D eigenvalue weighted by Gasteiger charge is -2.52. The van der Waals surface area contributed by atoms with Crippen molar-refractivity contribution in [1.82, 2.24) is 0 Å². The Kier molecular flexibility index (Phi) is 42.2. The third-order valence-corrected chi connectivity index (χ3v) is 27.7. The standard InChI is InChI=1S/C117H139NO31/c1-75(88(122)60-119)98(95(124)112(127-2)148-107-102-93(74-138-111(145-102)86-52-29-11-30-53-86)143-115(130-58-34-12-33-57-118)109(107)136-69-82-47-25-9-26-48-82)144-117-110(137-70-83-49-27-10-28-50-83)106(99(90(62-121)140-117)131-65-78-39-17-5-18-40-78)149-114-97(126)105(101(133-67-80-43-21-7-22-44-80)92(142-114)73-129-64-77-37-15-4-16-38-77)147-116-108(135-68-81-45-23-8-24-46-81)104(94(123)89(61-120)139-116)146-113-96(125)103(134-71-84-55-56-85-51-31-32-54-87(85)59-84)100(132-66-79-41-19-6-20-42-79)91(141-113)72-128-63-76-35-13-3-14-36-76/h3-11,13-32,35-56,59,75,88-117,119-126H,12,33-34,57-58,60-74,118H2,1-2H3/t75?,88-,89?,90?,91?,92?,93?,94?,95?,96?,97?,98?,99?,100?,101?,102?,103?,104?,105?,106?,107?,108?,109?,110?,111?,112?,113?,114?,115?,116?,117?/m1/s1. The SMILES string of the molecule is COC(OC1C2OC(c3ccccc3)OCC2OC(OCCCCCN)C1OCc1ccccc1)C(O)C(OC1OC(CO)C(OCc2ccccc2)C(OC2OC(COCc3ccccc3)C(OCc3ccccc3)C(OC3OC(CO)C(O)C(OC4OC(COCc5ccccc5)C(OCc5ccccc5)C(OCc5ccc6ccccc6c5)C4O)C3OCc3ccccc3)C2O)C1OCc1ccccc1)C(C)[C@H](O)CO. The number of fused-ring (bicyclic) bond motifs is 2. The maximum absolute atomic E-state index is 14.3. The first-order chi connectivity index (χ1) is 73.2. The molecular weight excluding hydrogens is 1920 g/mol. The number of aliphatic hydroxyl groups excluding tert-OH is 8. The van der Waals surface area contributed by atoms with Gasteiger partial charge in [-0.05, 0) is 92.7 Å². The summed E-state index contributed by atoms with van der Waals surface area (Å²) in [6.07, 6.45) is -43.3. The molecule has 32 heteroatoms. The Morgan fingerprint density at radius 2 is 0.725 bits per heavy atom. The molecule has 6 aliphatic rings. The molecule has 30 unspecified atom stereocenters. The van der Waals surface area contributed by atoms with Crippen LogP contribution in [0.2, 0.25) is 0 Å². The molecule has 11 aromatic rings. The molecule has 0 aromatic heterocycles. The van der Waals surface area contributed by atoms with Crippen LogP contribution in [0.5, 0.6) is 0 Å². The Bertz CT molecular complexity index is 5610. The van der Waals surface area contributed by atoms with E-state index in [1.54, 1.807) is 6.92 Å². The molecule has 11 aromatic carbocycles. The smallest absolute Gasteiger partial charge is 0.187 e. The normalized spacial score (nSPS) is 29.2. The highest BCUT2D eigenvalue weighted by molar-refractivity contribution is 5.83. The minimum Gasteiger partial charge on any atom is -0.394 e. The number of unbranched alkanes of at least 4 members (excludes halogenated alkanes) is 2. The van der Waals surface area contributed by atoms with Crippen molar-refractivity contribution in [3.63, 3.8) is 0 Å². The molecular formula is C117H139NO31. The molecule has 32 nitrogen and oxygen atoms in total. The Hall–Kier alpha value is -9.60. The number of aliphatic hydroxyl groups is 8. The Balaban J connectivity index is 0.750. The van der Waals surface area contributed by atoms with Crippen molar-refractivity contribution in [1.29, 1.82) is 0 Å². The zero-order valence-electron chi connectivity index (χ0n) is 83.6. The fourth-order valence-electron chi connectivity index (χ4n) is 19.6. The van der Waals surface area contributed by atoms with Crippen LogP contribution in [-0.2, 0) is 168 Å². The van der Waals surface area contributed by atoms with Crippen LogP contribution in [0.25, 0.3) is 10.8 Å². The first-order valence-electron chi connectivity index (χ1n) is 51.4. The predicted molar refractivity (Wildman–Crippen MR) is 543 cm³/mol. The minimum absolute atomic E-state index is 0.00576. The van der Waals surface area contributed by atoms with E-state index in [2.05, 4.69) is 0 Å². The number of hydrogen-bond donors (Lipinski definition) is 9. The van der Waals surface area contributed by atoms with Crippen LogP contribution in [0.15, 0.2) is 315 Å². The van der Waals surface area contributed by atoms with Crippen LogP contribution in [0.1, 0.15) is 88.1 Å². The third-order valence-electron chi connectivity index (χ3n) is 27.7. The summed E-state index contributed by atoms with van der Waals surface area (Å²) in [7, 11) is 1.32. The van der Waals surface area contributed by atoms with E-state index in [4.69, 9.17) is 115 Å². The molecule has 798 valence electrons. The monoisotopic (exact) mass is 2050 g/mol. The van der Waals surface area contributed by atoms with Gasteiger partial charge in [0.05, 0.1) is 111 Å². The highest BCUT2D eigenvalue weighted by Gasteiger charge is 2.61. The Morgan fingerprint density at radius 3 is 1.20 bits per heavy atom. The highest BCUT2D eigenvalue weighted by Crippen LogP contribution is 2.44. The third kappa shape index (κ3) is 29.9. The molecule has 0 aliphatic carbocycles. The average molecular weight is 2060 g/mol. The summed E-state index contributed by atoms with van der Waals surface area (Å²) in [4.78, 5) is 0. The maximum atomic E-state index is 14.3. The van der Waals surface area contributed by atoms with E-state index in [-0.39, 0.29) is 85.9 Å². The second-order valence-corrected chi connectivity index (χ2v) is 38.2. The summed E-state index contributed by atoms with van der Waals surface area (Å²) in [6.45, 7) is -1.19. The molecule has 17 rings (SSSR count). The molecule has 10 N–H and O–H groups in total. The van der Waals surface area contributed by atoms with Crippen LogP contribution in [0.4, 0.5) is 0 Å². The number of hydrogen-bond acceptors (Lipinski definition) is 32. The van der Waals surface area contributed by atoms with Gasteiger partial charge in [-0.15, -0.1) is 0 Å². The van der Waals surface area contributed by atoms with Crippen LogP contribution >= 0.6 is 0 Å². The molecule has 6 heterocycles. The molecule has 0 amide bonds. The molecule has 31 atom stereocenters. The summed E-state index contributed by atoms with van der Waals surface area (Å²) >= 11 is 0. The summed E-state index contributed by atoms with van der Waals surface area (Å²) in [5.74, 6) is -1.28. The summed E-state index contributed by atoms with van der Waals surface area (Å²) in [5.41, 5.74) is 13.3. The van der Waals surface area contributed by atoms with E-state index >= 15 is 0 Å². The summed E-state index contributed by atoms with van der Waals surface area (Å²) in [6, 6.07) is 98.0. The van der Waals surface area contributed by atoms with Gasteiger partial charge in [0.15, 0.2) is 44.0 Å². The van der Waals surface area contributed by atoms with Gasteiger partial charge in [-0.3, -0.25) is 0 Å². The molecule has 149 heavy (non-hydrogen) atoms. The number of rotatable bonds is 54. The van der Waals surface area contributed by atoms with Crippen molar-refractivity contribution in [2.75, 3.05) is 59.9 Å². The van der Waals surface area contributed by atoms with E-state index in [9.17, 15) is 40.9 Å². The molecule has 6 fully saturated rings. The van der Waals surface area contributed by atoms with E-state index in [1.807, 2.05) is 315 Å². The lowest BCUT2D eigenvalue weighted by molar-refractivity contribution is -0.403. The zero-order chi connectivity index (χ0) is 103. The Morgan fingerprint density at radius 1 is 0.336 bits per heavy atom. The van der Waals surface area contributed by atoms with Crippen molar-refractivity contribution >= 4 is 10.8 Å². The van der Waals surface area contributed by atoms with Gasteiger partial charge < -0.3 is 156 Å². The molecule has 0 radical (unpaired) electrons. The van der Waals surface area contributed by atoms with E-state index in [0.29, 0.717) is 40.8 Å². The second-order valence-electron chi connectivity index (χ2n) is 38.2. The van der Waals surface area contributed by atoms with Gasteiger partial charge in [0, 0.05) is 25.2 Å². The maximum Gasteiger partial charge on any atom is 0.187 e. The van der Waals surface area contributed by atoms with Gasteiger partial charge in [0.1, 0.15) is 128 Å². The molecule has 6 saturated heterocycles. The minimum atomic E-state index is -2.06. The largest absolute Gasteiger partial charge is 0.394 e. The fraction of sp³-hybridized carbons (Fsp3) is 0.453. The number of methoxy groups -OCH3 is 1. The Labute approximate surface area is 868 Å². The average Bonchev–Trinajstić information content (AvgIpc) is 0.777. The van der Waals surface area contributed by atoms with Gasteiger partial charge in [0.2, 0.25) is 0 Å². The van der Waals surface area contributed by atoms with Crippen LogP contribution in [-0.4, -0.2) is 279 Å². The lowest BCUT2D eigenvalue weighted by atomic mass is 9.92. The van der Waals surface area contributed by atoms with Crippen LogP contribution in [0.3, 0.4) is 0 Å². The van der Waals surface area contributed by atoms with Crippen LogP contribution in [0, 0.1) is 5.92 Å². The number of ether oxygens (including phenoxy) is 23. The van der Waals surface area contributed by atoms with Gasteiger partial charge in [-0.25, -0.2) is 0 Å². The number of nitrogens with two attached hydrogens (primary N) is 1. The molecule has 0 saturated carbocycles. The van der Waals surface area contributed by atoms with Crippen molar-refractivity contribution in [3.8, 4) is 0 Å². The quantitative estimate of drug-likeness (QED) is 0.0126. The zero-order valence-corrected chi connectivity index (χ0v) is 83.6. The van der Waals surface area contributed by atoms with E-state index in [1.165, 1.54) is 7.11 Å². The lowest BCUT2D eigenvalue weighted by Crippen LogP contribution is -2.69.